The number of hydrogen-bond acceptors (Lipinski definition) is 2. The summed E-state index contributed by atoms with van der Waals surface area (Å²) in [6, 6.07) is 8.72. The fourth-order valence-corrected chi connectivity index (χ4v) is 3.08. The molecule has 0 aliphatic heterocycles. The van der Waals surface area contributed by atoms with Crippen LogP contribution >= 0.6 is 0 Å². The quantitative estimate of drug-likeness (QED) is 0.859. The predicted octanol–water partition coefficient (Wildman–Crippen LogP) is 3.63. The van der Waals surface area contributed by atoms with E-state index in [1.165, 1.54) is 18.2 Å². The summed E-state index contributed by atoms with van der Waals surface area (Å²) < 4.78 is 78.0. The largest absolute Gasteiger partial charge is 0.419 e. The van der Waals surface area contributed by atoms with Crippen LogP contribution < -0.4 is 4.72 Å². The van der Waals surface area contributed by atoms with Crippen molar-refractivity contribution in [2.45, 2.75) is 24.5 Å². The van der Waals surface area contributed by atoms with Crippen LogP contribution in [0.1, 0.15) is 16.7 Å². The standard InChI is InChI=1S/C15H13F4NO2S/c1-10-4-2-6-12(8-10)23(21,22)20-9-11-5-3-7-13(14(11)16)15(17,18)19/h2-8,20H,9H2,1H3. The molecule has 0 heterocycles. The van der Waals surface area contributed by atoms with E-state index in [9.17, 15) is 26.0 Å². The molecule has 2 rings (SSSR count). The van der Waals surface area contributed by atoms with E-state index >= 15 is 0 Å². The van der Waals surface area contributed by atoms with Gasteiger partial charge in [0.1, 0.15) is 5.82 Å². The molecule has 23 heavy (non-hydrogen) atoms. The Bertz CT molecular complexity index is 816. The zero-order valence-electron chi connectivity index (χ0n) is 12.0. The first kappa shape index (κ1) is 17.4. The number of aryl methyl sites for hydroxylation is 1. The molecule has 0 aliphatic rings. The Morgan fingerprint density at radius 1 is 1.09 bits per heavy atom. The van der Waals surface area contributed by atoms with Crippen molar-refractivity contribution in [1.29, 1.82) is 0 Å². The number of halogens is 4. The van der Waals surface area contributed by atoms with Crippen molar-refractivity contribution >= 4 is 10.0 Å². The van der Waals surface area contributed by atoms with E-state index in [1.807, 2.05) is 0 Å². The fourth-order valence-electron chi connectivity index (χ4n) is 1.97. The minimum Gasteiger partial charge on any atom is -0.207 e. The molecule has 0 radical (unpaired) electrons. The minimum atomic E-state index is -4.84. The molecular formula is C15H13F4NO2S. The van der Waals surface area contributed by atoms with Crippen LogP contribution in [-0.2, 0) is 22.7 Å². The molecule has 1 N–H and O–H groups in total. The van der Waals surface area contributed by atoms with Crippen molar-refractivity contribution in [2.24, 2.45) is 0 Å². The van der Waals surface area contributed by atoms with Crippen molar-refractivity contribution in [3.63, 3.8) is 0 Å². The van der Waals surface area contributed by atoms with Gasteiger partial charge < -0.3 is 0 Å². The first-order valence-electron chi connectivity index (χ1n) is 6.52. The molecule has 2 aromatic rings. The monoisotopic (exact) mass is 347 g/mol. The fraction of sp³-hybridized carbons (Fsp3) is 0.200. The maximum absolute atomic E-state index is 13.9. The molecule has 0 aromatic heterocycles. The Morgan fingerprint density at radius 2 is 1.74 bits per heavy atom. The number of benzene rings is 2. The topological polar surface area (TPSA) is 46.2 Å². The molecule has 0 saturated heterocycles. The highest BCUT2D eigenvalue weighted by molar-refractivity contribution is 7.89. The van der Waals surface area contributed by atoms with Crippen LogP contribution in [0.5, 0.6) is 0 Å². The Morgan fingerprint density at radius 3 is 2.35 bits per heavy atom. The van der Waals surface area contributed by atoms with Crippen molar-refractivity contribution in [3.8, 4) is 0 Å². The van der Waals surface area contributed by atoms with Gasteiger partial charge in [0, 0.05) is 12.1 Å². The number of hydrogen-bond donors (Lipinski definition) is 1. The summed E-state index contributed by atoms with van der Waals surface area (Å²) in [6.07, 6.45) is -4.84. The normalized spacial score (nSPS) is 12.4. The van der Waals surface area contributed by atoms with Gasteiger partial charge in [-0.2, -0.15) is 13.2 Å². The zero-order chi connectivity index (χ0) is 17.3. The van der Waals surface area contributed by atoms with Gasteiger partial charge in [0.05, 0.1) is 10.5 Å². The molecule has 0 unspecified atom stereocenters. The van der Waals surface area contributed by atoms with Crippen LogP contribution in [0.25, 0.3) is 0 Å². The molecule has 3 nitrogen and oxygen atoms in total. The summed E-state index contributed by atoms with van der Waals surface area (Å²) >= 11 is 0. The van der Waals surface area contributed by atoms with Crippen LogP contribution in [0, 0.1) is 12.7 Å². The van der Waals surface area contributed by atoms with Gasteiger partial charge in [0.25, 0.3) is 0 Å². The van der Waals surface area contributed by atoms with Gasteiger partial charge in [0.2, 0.25) is 10.0 Å². The van der Waals surface area contributed by atoms with Gasteiger partial charge in [-0.25, -0.2) is 17.5 Å². The van der Waals surface area contributed by atoms with E-state index in [1.54, 1.807) is 13.0 Å². The van der Waals surface area contributed by atoms with Gasteiger partial charge in [-0.3, -0.25) is 0 Å². The number of rotatable bonds is 4. The summed E-state index contributed by atoms with van der Waals surface area (Å²) in [7, 11) is -3.94. The van der Waals surface area contributed by atoms with Gasteiger partial charge in [0.15, 0.2) is 0 Å². The van der Waals surface area contributed by atoms with Crippen LogP contribution in [0.4, 0.5) is 17.6 Å². The second kappa shape index (κ2) is 6.29. The summed E-state index contributed by atoms with van der Waals surface area (Å²) in [5, 5.41) is 0. The number of nitrogens with one attached hydrogen (secondary N) is 1. The first-order valence-corrected chi connectivity index (χ1v) is 8.00. The Labute approximate surface area is 131 Å². The lowest BCUT2D eigenvalue weighted by Gasteiger charge is -2.12. The first-order chi connectivity index (χ1) is 10.6. The van der Waals surface area contributed by atoms with E-state index < -0.39 is 34.1 Å². The van der Waals surface area contributed by atoms with Crippen LogP contribution in [-0.4, -0.2) is 8.42 Å². The molecule has 0 bridgehead atoms. The van der Waals surface area contributed by atoms with Gasteiger partial charge >= 0.3 is 6.18 Å². The Hall–Kier alpha value is -1.93. The van der Waals surface area contributed by atoms with Gasteiger partial charge in [-0.05, 0) is 30.7 Å². The lowest BCUT2D eigenvalue weighted by atomic mass is 10.1. The summed E-state index contributed by atoms with van der Waals surface area (Å²) in [5.74, 6) is -1.48. The van der Waals surface area contributed by atoms with Crippen molar-refractivity contribution in [1.82, 2.24) is 4.72 Å². The molecule has 124 valence electrons. The molecule has 0 spiro atoms. The zero-order valence-corrected chi connectivity index (χ0v) is 12.8. The Kier molecular flexibility index (Phi) is 4.76. The molecule has 2 aromatic carbocycles. The number of alkyl halides is 3. The molecule has 0 aliphatic carbocycles. The SMILES string of the molecule is Cc1cccc(S(=O)(=O)NCc2cccc(C(F)(F)F)c2F)c1. The van der Waals surface area contributed by atoms with E-state index in [4.69, 9.17) is 0 Å². The third kappa shape index (κ3) is 4.08. The molecule has 0 saturated carbocycles. The van der Waals surface area contributed by atoms with Crippen molar-refractivity contribution in [3.05, 3.63) is 65.0 Å². The van der Waals surface area contributed by atoms with Crippen molar-refractivity contribution in [2.75, 3.05) is 0 Å². The molecule has 0 fully saturated rings. The van der Waals surface area contributed by atoms with Gasteiger partial charge in [-0.15, -0.1) is 0 Å². The lowest BCUT2D eigenvalue weighted by Crippen LogP contribution is -2.24. The van der Waals surface area contributed by atoms with Gasteiger partial charge in [-0.1, -0.05) is 24.3 Å². The van der Waals surface area contributed by atoms with E-state index in [-0.39, 0.29) is 10.5 Å². The van der Waals surface area contributed by atoms with Crippen LogP contribution in [0.15, 0.2) is 47.4 Å². The molecular weight excluding hydrogens is 334 g/mol. The highest BCUT2D eigenvalue weighted by Gasteiger charge is 2.34. The maximum Gasteiger partial charge on any atom is 0.419 e. The highest BCUT2D eigenvalue weighted by atomic mass is 32.2. The third-order valence-electron chi connectivity index (χ3n) is 3.14. The summed E-state index contributed by atoms with van der Waals surface area (Å²) in [6.45, 7) is 1.12. The second-order valence-corrected chi connectivity index (χ2v) is 6.68. The minimum absolute atomic E-state index is 0.0371. The predicted molar refractivity (Wildman–Crippen MR) is 76.6 cm³/mol. The lowest BCUT2D eigenvalue weighted by molar-refractivity contribution is -0.140. The van der Waals surface area contributed by atoms with E-state index in [2.05, 4.69) is 4.72 Å². The average Bonchev–Trinajstić information content (AvgIpc) is 2.45. The van der Waals surface area contributed by atoms with Crippen LogP contribution in [0.3, 0.4) is 0 Å². The summed E-state index contributed by atoms with van der Waals surface area (Å²) in [5.41, 5.74) is -1.10. The average molecular weight is 347 g/mol. The van der Waals surface area contributed by atoms with E-state index in [0.29, 0.717) is 11.6 Å². The highest BCUT2D eigenvalue weighted by Crippen LogP contribution is 2.32. The second-order valence-electron chi connectivity index (χ2n) is 4.92. The molecule has 8 heteroatoms. The number of sulfonamides is 1. The maximum atomic E-state index is 13.9. The van der Waals surface area contributed by atoms with Crippen LogP contribution in [0.2, 0.25) is 0 Å². The molecule has 0 atom stereocenters. The third-order valence-corrected chi connectivity index (χ3v) is 4.54. The van der Waals surface area contributed by atoms with Crippen molar-refractivity contribution < 1.29 is 26.0 Å². The Balaban J connectivity index is 2.25. The van der Waals surface area contributed by atoms with E-state index in [0.717, 1.165) is 12.1 Å². The summed E-state index contributed by atoms with van der Waals surface area (Å²) in [4.78, 5) is -0.0371. The molecule has 0 amide bonds. The smallest absolute Gasteiger partial charge is 0.207 e.